The highest BCUT2D eigenvalue weighted by Gasteiger charge is 2.29. The number of likely N-dealkylation sites (tertiary alicyclic amines) is 1. The molecule has 2 rings (SSSR count). The molecule has 0 radical (unpaired) electrons. The van der Waals surface area contributed by atoms with Gasteiger partial charge in [0.1, 0.15) is 17.3 Å². The first-order valence-electron chi connectivity index (χ1n) is 6.84. The van der Waals surface area contributed by atoms with Crippen LogP contribution in [0.2, 0.25) is 0 Å². The van der Waals surface area contributed by atoms with Gasteiger partial charge in [0.15, 0.2) is 0 Å². The molecule has 1 aromatic rings. The predicted octanol–water partition coefficient (Wildman–Crippen LogP) is 1.48. The number of benzene rings is 1. The van der Waals surface area contributed by atoms with Crippen LogP contribution >= 0.6 is 12.2 Å². The summed E-state index contributed by atoms with van der Waals surface area (Å²) >= 11 is 4.95. The standard InChI is InChI=1S/C15H18N2O3S/c1-10-8-13(18)17(14(19)9-10)6-7-20-12-5-3-2-4-11(12)15(16)21/h2-5,10H,6-9H2,1H3,(H2,16,21). The lowest BCUT2D eigenvalue weighted by Crippen LogP contribution is -2.44. The van der Waals surface area contributed by atoms with E-state index in [2.05, 4.69) is 0 Å². The summed E-state index contributed by atoms with van der Waals surface area (Å²) in [6.45, 7) is 2.38. The van der Waals surface area contributed by atoms with E-state index in [0.29, 0.717) is 24.2 Å². The molecule has 112 valence electrons. The molecule has 1 saturated heterocycles. The SMILES string of the molecule is CC1CC(=O)N(CCOc2ccccc2C(N)=S)C(=O)C1. The quantitative estimate of drug-likeness (QED) is 0.659. The van der Waals surface area contributed by atoms with Crippen LogP contribution in [0.3, 0.4) is 0 Å². The molecule has 0 atom stereocenters. The number of amides is 2. The minimum absolute atomic E-state index is 0.123. The molecular weight excluding hydrogens is 288 g/mol. The largest absolute Gasteiger partial charge is 0.491 e. The van der Waals surface area contributed by atoms with E-state index >= 15 is 0 Å². The van der Waals surface area contributed by atoms with Gasteiger partial charge < -0.3 is 10.5 Å². The number of carbonyl (C=O) groups excluding carboxylic acids is 2. The Kier molecular flexibility index (Phi) is 4.90. The van der Waals surface area contributed by atoms with Crippen LogP contribution in [-0.4, -0.2) is 34.9 Å². The minimum atomic E-state index is -0.134. The molecular formula is C15H18N2O3S. The van der Waals surface area contributed by atoms with E-state index in [1.807, 2.05) is 19.1 Å². The topological polar surface area (TPSA) is 72.6 Å². The van der Waals surface area contributed by atoms with E-state index in [9.17, 15) is 9.59 Å². The van der Waals surface area contributed by atoms with Gasteiger partial charge in [-0.2, -0.15) is 0 Å². The summed E-state index contributed by atoms with van der Waals surface area (Å²) in [4.78, 5) is 25.2. The number of hydrogen-bond acceptors (Lipinski definition) is 4. The van der Waals surface area contributed by atoms with Crippen LogP contribution in [0.4, 0.5) is 0 Å². The molecule has 1 aliphatic heterocycles. The molecule has 2 amide bonds. The zero-order valence-corrected chi connectivity index (χ0v) is 12.7. The van der Waals surface area contributed by atoms with Crippen LogP contribution < -0.4 is 10.5 Å². The van der Waals surface area contributed by atoms with Crippen LogP contribution in [0.15, 0.2) is 24.3 Å². The lowest BCUT2D eigenvalue weighted by Gasteiger charge is -2.28. The minimum Gasteiger partial charge on any atom is -0.491 e. The second-order valence-electron chi connectivity index (χ2n) is 5.16. The first-order chi connectivity index (χ1) is 9.99. The molecule has 2 N–H and O–H groups in total. The van der Waals surface area contributed by atoms with Crippen LogP contribution in [0.1, 0.15) is 25.3 Å². The fourth-order valence-corrected chi connectivity index (χ4v) is 2.49. The lowest BCUT2D eigenvalue weighted by molar-refractivity contribution is -0.150. The maximum Gasteiger partial charge on any atom is 0.229 e. The smallest absolute Gasteiger partial charge is 0.229 e. The van der Waals surface area contributed by atoms with E-state index in [1.165, 1.54) is 4.90 Å². The van der Waals surface area contributed by atoms with Crippen LogP contribution in [0.5, 0.6) is 5.75 Å². The summed E-state index contributed by atoms with van der Waals surface area (Å²) in [5.74, 6) is 0.419. The summed E-state index contributed by atoms with van der Waals surface area (Å²) < 4.78 is 5.61. The third-order valence-corrected chi connectivity index (χ3v) is 3.59. The average molecular weight is 306 g/mol. The number of thiocarbonyl (C=S) groups is 1. The van der Waals surface area contributed by atoms with Crippen molar-refractivity contribution in [3.05, 3.63) is 29.8 Å². The van der Waals surface area contributed by atoms with Crippen molar-refractivity contribution in [2.75, 3.05) is 13.2 Å². The predicted molar refractivity (Wildman–Crippen MR) is 82.9 cm³/mol. The molecule has 1 aromatic carbocycles. The van der Waals surface area contributed by atoms with Crippen molar-refractivity contribution in [1.29, 1.82) is 0 Å². The van der Waals surface area contributed by atoms with Gasteiger partial charge in [-0.05, 0) is 18.1 Å². The van der Waals surface area contributed by atoms with Crippen LogP contribution in [0, 0.1) is 5.92 Å². The average Bonchev–Trinajstić information content (AvgIpc) is 2.42. The Morgan fingerprint density at radius 2 is 1.95 bits per heavy atom. The van der Waals surface area contributed by atoms with E-state index in [4.69, 9.17) is 22.7 Å². The molecule has 1 heterocycles. The number of rotatable bonds is 5. The number of para-hydroxylation sites is 1. The van der Waals surface area contributed by atoms with Crippen molar-refractivity contribution in [2.45, 2.75) is 19.8 Å². The first kappa shape index (κ1) is 15.4. The van der Waals surface area contributed by atoms with Crippen LogP contribution in [0.25, 0.3) is 0 Å². The monoisotopic (exact) mass is 306 g/mol. The first-order valence-corrected chi connectivity index (χ1v) is 7.24. The molecule has 1 aliphatic rings. The van der Waals surface area contributed by atoms with Gasteiger partial charge in [-0.3, -0.25) is 14.5 Å². The van der Waals surface area contributed by atoms with Crippen molar-refractivity contribution < 1.29 is 14.3 Å². The van der Waals surface area contributed by atoms with Crippen LogP contribution in [-0.2, 0) is 9.59 Å². The van der Waals surface area contributed by atoms with Gasteiger partial charge in [0.2, 0.25) is 11.8 Å². The molecule has 0 saturated carbocycles. The van der Waals surface area contributed by atoms with Gasteiger partial charge in [-0.15, -0.1) is 0 Å². The maximum absolute atomic E-state index is 11.8. The normalized spacial score (nSPS) is 16.1. The lowest BCUT2D eigenvalue weighted by atomic mass is 9.98. The van der Waals surface area contributed by atoms with Gasteiger partial charge in [0.05, 0.1) is 12.1 Å². The van der Waals surface area contributed by atoms with Gasteiger partial charge in [-0.25, -0.2) is 0 Å². The summed E-state index contributed by atoms with van der Waals surface area (Å²) in [7, 11) is 0. The van der Waals surface area contributed by atoms with Crippen molar-refractivity contribution in [3.8, 4) is 5.75 Å². The molecule has 0 unspecified atom stereocenters. The molecule has 5 nitrogen and oxygen atoms in total. The van der Waals surface area contributed by atoms with Crippen molar-refractivity contribution >= 4 is 29.0 Å². The zero-order valence-electron chi connectivity index (χ0n) is 11.9. The molecule has 0 aromatic heterocycles. The maximum atomic E-state index is 11.8. The highest BCUT2D eigenvalue weighted by molar-refractivity contribution is 7.80. The molecule has 6 heteroatoms. The molecule has 0 spiro atoms. The molecule has 0 bridgehead atoms. The summed E-state index contributed by atoms with van der Waals surface area (Å²) in [5.41, 5.74) is 6.27. The fraction of sp³-hybridized carbons (Fsp3) is 0.400. The number of nitrogens with two attached hydrogens (primary N) is 1. The van der Waals surface area contributed by atoms with E-state index in [1.54, 1.807) is 12.1 Å². The van der Waals surface area contributed by atoms with Gasteiger partial charge >= 0.3 is 0 Å². The van der Waals surface area contributed by atoms with Gasteiger partial charge in [0.25, 0.3) is 0 Å². The van der Waals surface area contributed by atoms with Crippen molar-refractivity contribution in [2.24, 2.45) is 11.7 Å². The Labute approximate surface area is 129 Å². The summed E-state index contributed by atoms with van der Waals surface area (Å²) in [5, 5.41) is 0. The summed E-state index contributed by atoms with van der Waals surface area (Å²) in [6, 6.07) is 7.17. The van der Waals surface area contributed by atoms with Gasteiger partial charge in [-0.1, -0.05) is 31.3 Å². The summed E-state index contributed by atoms with van der Waals surface area (Å²) in [6.07, 6.45) is 0.824. The van der Waals surface area contributed by atoms with E-state index in [0.717, 1.165) is 0 Å². The third kappa shape index (κ3) is 3.78. The third-order valence-electron chi connectivity index (χ3n) is 3.37. The van der Waals surface area contributed by atoms with E-state index < -0.39 is 0 Å². The number of hydrogen-bond donors (Lipinski definition) is 1. The fourth-order valence-electron chi connectivity index (χ4n) is 2.32. The number of nitrogens with zero attached hydrogens (tertiary/aromatic N) is 1. The second-order valence-corrected chi connectivity index (χ2v) is 5.60. The Morgan fingerprint density at radius 1 is 1.33 bits per heavy atom. The Balaban J connectivity index is 1.94. The highest BCUT2D eigenvalue weighted by Crippen LogP contribution is 2.20. The van der Waals surface area contributed by atoms with Crippen molar-refractivity contribution in [3.63, 3.8) is 0 Å². The number of ether oxygens (including phenoxy) is 1. The number of carbonyl (C=O) groups is 2. The number of imide groups is 1. The van der Waals surface area contributed by atoms with Gasteiger partial charge in [0, 0.05) is 12.8 Å². The molecule has 21 heavy (non-hydrogen) atoms. The Hall–Kier alpha value is -1.95. The number of piperidine rings is 1. The zero-order chi connectivity index (χ0) is 15.4. The van der Waals surface area contributed by atoms with Crippen molar-refractivity contribution in [1.82, 2.24) is 4.90 Å². The second kappa shape index (κ2) is 6.67. The molecule has 0 aliphatic carbocycles. The molecule has 1 fully saturated rings. The van der Waals surface area contributed by atoms with E-state index in [-0.39, 0.29) is 35.9 Å². The highest BCUT2D eigenvalue weighted by atomic mass is 32.1. The Bertz CT molecular complexity index is 556. The Morgan fingerprint density at radius 3 is 2.57 bits per heavy atom.